The summed E-state index contributed by atoms with van der Waals surface area (Å²) in [6.45, 7) is 10.2. The highest BCUT2D eigenvalue weighted by atomic mass is 32.1. The summed E-state index contributed by atoms with van der Waals surface area (Å²) in [6, 6.07) is 2.27. The van der Waals surface area contributed by atoms with Crippen molar-refractivity contribution in [3.05, 3.63) is 27.7 Å². The number of anilines is 1. The molecule has 0 spiro atoms. The molecule has 1 aliphatic rings. The second-order valence-corrected chi connectivity index (χ2v) is 9.64. The zero-order valence-corrected chi connectivity index (χ0v) is 18.9. The van der Waals surface area contributed by atoms with E-state index >= 15 is 0 Å². The molecule has 0 radical (unpaired) electrons. The number of nitriles is 1. The Bertz CT molecular complexity index is 1010. The third kappa shape index (κ3) is 4.54. The van der Waals surface area contributed by atoms with E-state index in [9.17, 15) is 14.9 Å². The molecule has 2 aromatic heterocycles. The Labute approximate surface area is 180 Å². The molecule has 2 heterocycles. The molecule has 0 aromatic carbocycles. The fourth-order valence-corrected chi connectivity index (χ4v) is 4.98. The number of ether oxygens (including phenoxy) is 1. The van der Waals surface area contributed by atoms with Gasteiger partial charge in [0.15, 0.2) is 0 Å². The van der Waals surface area contributed by atoms with Gasteiger partial charge in [-0.15, -0.1) is 16.4 Å². The van der Waals surface area contributed by atoms with Crippen LogP contribution in [0.1, 0.15) is 66.6 Å². The van der Waals surface area contributed by atoms with E-state index in [1.54, 1.807) is 13.8 Å². The average Bonchev–Trinajstić information content (AvgIpc) is 3.20. The number of amides is 1. The Morgan fingerprint density at radius 2 is 2.13 bits per heavy atom. The van der Waals surface area contributed by atoms with Crippen molar-refractivity contribution in [2.45, 2.75) is 60.4 Å². The predicted octanol–water partition coefficient (Wildman–Crippen LogP) is 3.49. The maximum Gasteiger partial charge on any atom is 0.378 e. The lowest BCUT2D eigenvalue weighted by atomic mass is 9.72. The Morgan fingerprint density at radius 1 is 1.40 bits per heavy atom. The van der Waals surface area contributed by atoms with Crippen LogP contribution >= 0.6 is 11.3 Å². The number of hydrogen-bond donors (Lipinski definition) is 1. The molecule has 0 bridgehead atoms. The van der Waals surface area contributed by atoms with Crippen molar-refractivity contribution in [2.75, 3.05) is 11.9 Å². The smallest absolute Gasteiger partial charge is 0.378 e. The number of aryl methyl sites for hydroxylation is 1. The predicted molar refractivity (Wildman–Crippen MR) is 113 cm³/mol. The van der Waals surface area contributed by atoms with Crippen LogP contribution in [0.5, 0.6) is 0 Å². The Morgan fingerprint density at radius 3 is 2.77 bits per heavy atom. The van der Waals surface area contributed by atoms with Gasteiger partial charge in [-0.3, -0.25) is 4.79 Å². The summed E-state index contributed by atoms with van der Waals surface area (Å²) in [4.78, 5) is 29.7. The number of fused-ring (bicyclic) bond motifs is 1. The number of nitrogens with one attached hydrogen (secondary N) is 1. The van der Waals surface area contributed by atoms with Crippen molar-refractivity contribution in [1.82, 2.24) is 14.8 Å². The maximum atomic E-state index is 12.6. The molecule has 0 aliphatic heterocycles. The first kappa shape index (κ1) is 22.0. The minimum Gasteiger partial charge on any atom is -0.460 e. The molecule has 1 N–H and O–H groups in total. The molecule has 1 unspecified atom stereocenters. The number of esters is 1. The second-order valence-electron chi connectivity index (χ2n) is 8.53. The Hall–Kier alpha value is -2.73. The molecule has 2 aromatic rings. The van der Waals surface area contributed by atoms with Crippen LogP contribution in [0.15, 0.2) is 0 Å². The molecule has 1 atom stereocenters. The standard InChI is InChI=1S/C21H27N5O3S/c1-6-29-20(28)18-23-12(2)26(25-18)11-17(27)24-19-15(10-22)14-8-7-13(21(3,4)5)9-16(14)30-19/h13H,6-9,11H2,1-5H3,(H,24,27). The minimum absolute atomic E-state index is 0.0697. The number of aromatic nitrogens is 3. The molecule has 3 rings (SSSR count). The molecular weight excluding hydrogens is 402 g/mol. The van der Waals surface area contributed by atoms with Gasteiger partial charge < -0.3 is 10.1 Å². The highest BCUT2D eigenvalue weighted by molar-refractivity contribution is 7.16. The number of carbonyl (C=O) groups is 2. The van der Waals surface area contributed by atoms with Gasteiger partial charge in [-0.2, -0.15) is 5.26 Å². The molecule has 1 aliphatic carbocycles. The molecule has 30 heavy (non-hydrogen) atoms. The van der Waals surface area contributed by atoms with Crippen molar-refractivity contribution in [3.63, 3.8) is 0 Å². The van der Waals surface area contributed by atoms with Gasteiger partial charge in [0, 0.05) is 4.88 Å². The lowest BCUT2D eigenvalue weighted by Crippen LogP contribution is -2.26. The Kier molecular flexibility index (Phi) is 6.27. The average molecular weight is 430 g/mol. The van der Waals surface area contributed by atoms with Crippen LogP contribution in [0.4, 0.5) is 5.00 Å². The van der Waals surface area contributed by atoms with Crippen molar-refractivity contribution >= 4 is 28.2 Å². The van der Waals surface area contributed by atoms with Crippen molar-refractivity contribution in [3.8, 4) is 6.07 Å². The zero-order valence-electron chi connectivity index (χ0n) is 18.0. The molecule has 0 saturated heterocycles. The normalized spacial score (nSPS) is 15.9. The van der Waals surface area contributed by atoms with E-state index in [1.807, 2.05) is 0 Å². The van der Waals surface area contributed by atoms with E-state index in [0.29, 0.717) is 22.3 Å². The molecule has 160 valence electrons. The summed E-state index contributed by atoms with van der Waals surface area (Å²) in [7, 11) is 0. The van der Waals surface area contributed by atoms with Gasteiger partial charge in [-0.05, 0) is 50.0 Å². The van der Waals surface area contributed by atoms with Gasteiger partial charge in [-0.1, -0.05) is 20.8 Å². The van der Waals surface area contributed by atoms with Crippen LogP contribution in [-0.2, 0) is 28.9 Å². The third-order valence-corrected chi connectivity index (χ3v) is 6.63. The van der Waals surface area contributed by atoms with Gasteiger partial charge in [0.05, 0.1) is 12.2 Å². The maximum absolute atomic E-state index is 12.6. The molecular formula is C21H27N5O3S. The highest BCUT2D eigenvalue weighted by Gasteiger charge is 2.32. The SMILES string of the molecule is CCOC(=O)c1nc(C)n(CC(=O)Nc2sc3c(c2C#N)CCC(C(C)(C)C)C3)n1. The van der Waals surface area contributed by atoms with Crippen LogP contribution in [0.3, 0.4) is 0 Å². The highest BCUT2D eigenvalue weighted by Crippen LogP contribution is 2.43. The summed E-state index contributed by atoms with van der Waals surface area (Å²) in [6.07, 6.45) is 2.83. The van der Waals surface area contributed by atoms with Crippen LogP contribution in [0, 0.1) is 29.6 Å². The van der Waals surface area contributed by atoms with Crippen molar-refractivity contribution in [1.29, 1.82) is 5.26 Å². The van der Waals surface area contributed by atoms with E-state index in [-0.39, 0.29) is 30.3 Å². The van der Waals surface area contributed by atoms with Crippen molar-refractivity contribution < 1.29 is 14.3 Å². The summed E-state index contributed by atoms with van der Waals surface area (Å²) < 4.78 is 6.25. The monoisotopic (exact) mass is 429 g/mol. The molecule has 8 nitrogen and oxygen atoms in total. The van der Waals surface area contributed by atoms with Crippen LogP contribution in [0.2, 0.25) is 0 Å². The topological polar surface area (TPSA) is 110 Å². The largest absolute Gasteiger partial charge is 0.460 e. The second kappa shape index (κ2) is 8.56. The van der Waals surface area contributed by atoms with Crippen molar-refractivity contribution in [2.24, 2.45) is 11.3 Å². The summed E-state index contributed by atoms with van der Waals surface area (Å²) >= 11 is 1.49. The lowest BCUT2D eigenvalue weighted by molar-refractivity contribution is -0.116. The van der Waals surface area contributed by atoms with Gasteiger partial charge in [-0.25, -0.2) is 14.5 Å². The fraction of sp³-hybridized carbons (Fsp3) is 0.571. The van der Waals surface area contributed by atoms with E-state index in [1.165, 1.54) is 20.9 Å². The number of carbonyl (C=O) groups excluding carboxylic acids is 2. The molecule has 0 saturated carbocycles. The summed E-state index contributed by atoms with van der Waals surface area (Å²) in [5, 5.41) is 17.2. The Balaban J connectivity index is 1.75. The molecule has 1 amide bonds. The fourth-order valence-electron chi connectivity index (χ4n) is 3.69. The van der Waals surface area contributed by atoms with Crippen LogP contribution in [0.25, 0.3) is 0 Å². The number of thiophene rings is 1. The zero-order chi connectivity index (χ0) is 22.1. The first-order valence-electron chi connectivity index (χ1n) is 10.1. The quantitative estimate of drug-likeness (QED) is 0.729. The summed E-state index contributed by atoms with van der Waals surface area (Å²) in [5.74, 6) is -0.0172. The van der Waals surface area contributed by atoms with Gasteiger partial charge in [0.1, 0.15) is 23.4 Å². The number of rotatable bonds is 5. The summed E-state index contributed by atoms with van der Waals surface area (Å²) in [5.41, 5.74) is 1.84. The first-order valence-corrected chi connectivity index (χ1v) is 10.9. The molecule has 0 fully saturated rings. The van der Waals surface area contributed by atoms with E-state index in [4.69, 9.17) is 4.74 Å². The van der Waals surface area contributed by atoms with E-state index in [2.05, 4.69) is 42.2 Å². The van der Waals surface area contributed by atoms with Gasteiger partial charge in [0.25, 0.3) is 5.82 Å². The minimum atomic E-state index is -0.620. The number of nitrogens with zero attached hydrogens (tertiary/aromatic N) is 4. The first-order chi connectivity index (χ1) is 14.1. The lowest BCUT2D eigenvalue weighted by Gasteiger charge is -2.33. The molecule has 9 heteroatoms. The van der Waals surface area contributed by atoms with Crippen LogP contribution in [-0.4, -0.2) is 33.2 Å². The third-order valence-electron chi connectivity index (χ3n) is 5.46. The van der Waals surface area contributed by atoms with Gasteiger partial charge in [0.2, 0.25) is 5.91 Å². The van der Waals surface area contributed by atoms with E-state index < -0.39 is 5.97 Å². The van der Waals surface area contributed by atoms with Crippen LogP contribution < -0.4 is 5.32 Å². The van der Waals surface area contributed by atoms with E-state index in [0.717, 1.165) is 24.8 Å². The number of hydrogen-bond acceptors (Lipinski definition) is 7. The van der Waals surface area contributed by atoms with Gasteiger partial charge >= 0.3 is 5.97 Å².